The third-order valence-electron chi connectivity index (χ3n) is 7.02. The summed E-state index contributed by atoms with van der Waals surface area (Å²) in [6.45, 7) is 4.40. The second kappa shape index (κ2) is 8.05. The molecule has 32 heavy (non-hydrogen) atoms. The van der Waals surface area contributed by atoms with E-state index in [0.717, 1.165) is 80.1 Å². The number of ether oxygens (including phenoxy) is 1. The van der Waals surface area contributed by atoms with Crippen molar-refractivity contribution in [2.24, 2.45) is 0 Å². The van der Waals surface area contributed by atoms with Crippen LogP contribution in [0.25, 0.3) is 11.0 Å². The lowest BCUT2D eigenvalue weighted by Crippen LogP contribution is -2.41. The highest BCUT2D eigenvalue weighted by molar-refractivity contribution is 6.32. The van der Waals surface area contributed by atoms with E-state index in [0.29, 0.717) is 17.6 Å². The fourth-order valence-electron chi connectivity index (χ4n) is 5.41. The molecule has 0 spiro atoms. The maximum atomic E-state index is 12.4. The summed E-state index contributed by atoms with van der Waals surface area (Å²) < 4.78 is 7.52. The first-order valence-electron chi connectivity index (χ1n) is 11.4. The Labute approximate surface area is 191 Å². The van der Waals surface area contributed by atoms with E-state index in [1.165, 1.54) is 5.56 Å². The van der Waals surface area contributed by atoms with Crippen molar-refractivity contribution in [3.05, 3.63) is 57.1 Å². The second-order valence-electron chi connectivity index (χ2n) is 9.08. The largest absolute Gasteiger partial charge is 0.492 e. The minimum atomic E-state index is 0.0242. The number of aromatic nitrogens is 3. The Balaban J connectivity index is 1.11. The quantitative estimate of drug-likeness (QED) is 0.655. The minimum Gasteiger partial charge on any atom is -0.492 e. The van der Waals surface area contributed by atoms with Gasteiger partial charge in [-0.2, -0.15) is 0 Å². The predicted molar refractivity (Wildman–Crippen MR) is 125 cm³/mol. The monoisotopic (exact) mass is 451 g/mol. The zero-order chi connectivity index (χ0) is 21.7. The number of likely N-dealkylation sites (tertiary alicyclic amines) is 1. The first-order valence-corrected chi connectivity index (χ1v) is 11.8. The van der Waals surface area contributed by atoms with E-state index in [1.807, 2.05) is 10.8 Å². The Morgan fingerprint density at radius 2 is 2.06 bits per heavy atom. The Bertz CT molecular complexity index is 1240. The normalized spacial score (nSPS) is 20.8. The van der Waals surface area contributed by atoms with Crippen LogP contribution in [0, 0.1) is 0 Å². The number of hydrogen-bond donors (Lipinski definition) is 1. The Morgan fingerprint density at radius 1 is 1.19 bits per heavy atom. The van der Waals surface area contributed by atoms with E-state index in [9.17, 15) is 4.79 Å². The van der Waals surface area contributed by atoms with Crippen LogP contribution in [0.15, 0.2) is 35.4 Å². The van der Waals surface area contributed by atoms with Crippen molar-refractivity contribution >= 4 is 28.5 Å². The molecule has 1 fully saturated rings. The van der Waals surface area contributed by atoms with Crippen molar-refractivity contribution in [3.63, 3.8) is 0 Å². The molecule has 3 aliphatic rings. The lowest BCUT2D eigenvalue weighted by molar-refractivity contribution is 0.204. The van der Waals surface area contributed by atoms with Gasteiger partial charge in [-0.1, -0.05) is 11.6 Å². The molecule has 7 nitrogen and oxygen atoms in total. The van der Waals surface area contributed by atoms with E-state index in [1.54, 1.807) is 18.3 Å². The van der Waals surface area contributed by atoms with Crippen LogP contribution in [0.3, 0.4) is 0 Å². The van der Waals surface area contributed by atoms with Crippen LogP contribution in [0.1, 0.15) is 36.3 Å². The van der Waals surface area contributed by atoms with Crippen LogP contribution in [-0.2, 0) is 13.0 Å². The molecule has 0 unspecified atom stereocenters. The lowest BCUT2D eigenvalue weighted by atomic mass is 9.98. The molecule has 1 atom stereocenters. The molecule has 166 valence electrons. The number of fused-ring (bicyclic) bond motifs is 1. The van der Waals surface area contributed by atoms with Crippen molar-refractivity contribution in [1.29, 1.82) is 0 Å². The summed E-state index contributed by atoms with van der Waals surface area (Å²) in [5, 5.41) is 4.29. The number of halogens is 1. The van der Waals surface area contributed by atoms with E-state index in [4.69, 9.17) is 16.3 Å². The predicted octanol–water partition coefficient (Wildman–Crippen LogP) is 3.44. The van der Waals surface area contributed by atoms with Gasteiger partial charge in [0.15, 0.2) is 0 Å². The number of nitrogens with zero attached hydrogens (tertiary/aromatic N) is 4. The van der Waals surface area contributed by atoms with Gasteiger partial charge < -0.3 is 19.5 Å². The molecule has 8 heteroatoms. The molecule has 0 saturated carbocycles. The molecule has 0 bridgehead atoms. The molecule has 3 aliphatic heterocycles. The molecule has 3 aromatic heterocycles. The SMILES string of the molecule is O=c1ccc2ncc(Cl)c3c2n1C[C@H]3CN1CCC(Nc2cc3c(cn2)OCCC3)CC1. The van der Waals surface area contributed by atoms with Crippen LogP contribution >= 0.6 is 11.6 Å². The molecule has 1 N–H and O–H groups in total. The topological polar surface area (TPSA) is 72.3 Å². The maximum absolute atomic E-state index is 12.4. The molecule has 6 rings (SSSR count). The summed E-state index contributed by atoms with van der Waals surface area (Å²) in [6, 6.07) is 5.97. The minimum absolute atomic E-state index is 0.0242. The number of piperidine rings is 1. The average Bonchev–Trinajstić information content (AvgIpc) is 3.20. The van der Waals surface area contributed by atoms with E-state index >= 15 is 0 Å². The van der Waals surface area contributed by atoms with Crippen LogP contribution in [0.5, 0.6) is 5.75 Å². The van der Waals surface area contributed by atoms with Crippen molar-refractivity contribution in [1.82, 2.24) is 19.4 Å². The number of pyridine rings is 3. The van der Waals surface area contributed by atoms with Crippen LogP contribution < -0.4 is 15.6 Å². The van der Waals surface area contributed by atoms with Crippen molar-refractivity contribution in [3.8, 4) is 5.75 Å². The summed E-state index contributed by atoms with van der Waals surface area (Å²) >= 11 is 6.54. The molecule has 6 heterocycles. The molecule has 0 aliphatic carbocycles. The first-order chi connectivity index (χ1) is 15.7. The number of hydrogen-bond acceptors (Lipinski definition) is 6. The fourth-order valence-corrected chi connectivity index (χ4v) is 5.70. The van der Waals surface area contributed by atoms with E-state index < -0.39 is 0 Å². The average molecular weight is 452 g/mol. The van der Waals surface area contributed by atoms with Gasteiger partial charge in [0.1, 0.15) is 11.6 Å². The Kier molecular flexibility index (Phi) is 5.03. The molecular weight excluding hydrogens is 426 g/mol. The molecule has 0 radical (unpaired) electrons. The van der Waals surface area contributed by atoms with Gasteiger partial charge in [-0.05, 0) is 43.4 Å². The maximum Gasteiger partial charge on any atom is 0.251 e. The number of rotatable bonds is 4. The smallest absolute Gasteiger partial charge is 0.251 e. The molecular formula is C24H26ClN5O2. The molecule has 0 amide bonds. The second-order valence-corrected chi connectivity index (χ2v) is 9.49. The van der Waals surface area contributed by atoms with Crippen LogP contribution in [0.2, 0.25) is 5.02 Å². The van der Waals surface area contributed by atoms with Gasteiger partial charge in [0.05, 0.1) is 28.9 Å². The fraction of sp³-hybridized carbons (Fsp3) is 0.458. The summed E-state index contributed by atoms with van der Waals surface area (Å²) in [5.74, 6) is 2.09. The first kappa shape index (κ1) is 20.0. The number of anilines is 1. The zero-order valence-corrected chi connectivity index (χ0v) is 18.6. The standard InChI is InChI=1S/C24H26ClN5O2/c25-18-11-26-19-3-4-22(31)30-14-16(23(18)24(19)30)13-29-7-5-17(6-8-29)28-21-10-15-2-1-9-32-20(15)12-27-21/h3-4,10-12,16-17H,1-2,5-9,13-14H2,(H,27,28)/t16-/m1/s1. The summed E-state index contributed by atoms with van der Waals surface area (Å²) in [5.41, 5.74) is 4.11. The lowest BCUT2D eigenvalue weighted by Gasteiger charge is -2.34. The zero-order valence-electron chi connectivity index (χ0n) is 17.9. The van der Waals surface area contributed by atoms with Crippen molar-refractivity contribution in [2.45, 2.75) is 44.2 Å². The highest BCUT2D eigenvalue weighted by Gasteiger charge is 2.31. The van der Waals surface area contributed by atoms with Gasteiger partial charge in [-0.3, -0.25) is 9.78 Å². The summed E-state index contributed by atoms with van der Waals surface area (Å²) in [4.78, 5) is 23.9. The van der Waals surface area contributed by atoms with Gasteiger partial charge in [0.25, 0.3) is 5.56 Å². The van der Waals surface area contributed by atoms with Gasteiger partial charge in [-0.15, -0.1) is 0 Å². The van der Waals surface area contributed by atoms with Gasteiger partial charge in [0, 0.05) is 56.0 Å². The third kappa shape index (κ3) is 3.53. The summed E-state index contributed by atoms with van der Waals surface area (Å²) in [6.07, 6.45) is 7.83. The molecule has 1 saturated heterocycles. The van der Waals surface area contributed by atoms with Gasteiger partial charge in [0.2, 0.25) is 0 Å². The van der Waals surface area contributed by atoms with E-state index in [-0.39, 0.29) is 11.5 Å². The van der Waals surface area contributed by atoms with Crippen LogP contribution in [0.4, 0.5) is 5.82 Å². The molecule has 0 aromatic carbocycles. The molecule has 3 aromatic rings. The van der Waals surface area contributed by atoms with Crippen molar-refractivity contribution < 1.29 is 4.74 Å². The highest BCUT2D eigenvalue weighted by Crippen LogP contribution is 2.37. The third-order valence-corrected chi connectivity index (χ3v) is 7.32. The van der Waals surface area contributed by atoms with Gasteiger partial charge >= 0.3 is 0 Å². The Hall–Kier alpha value is -2.64. The van der Waals surface area contributed by atoms with Crippen LogP contribution in [-0.4, -0.2) is 51.7 Å². The summed E-state index contributed by atoms with van der Waals surface area (Å²) in [7, 11) is 0. The Morgan fingerprint density at radius 3 is 2.94 bits per heavy atom. The van der Waals surface area contributed by atoms with E-state index in [2.05, 4.69) is 26.3 Å². The number of aryl methyl sites for hydroxylation is 1. The number of nitrogens with one attached hydrogen (secondary N) is 1. The highest BCUT2D eigenvalue weighted by atomic mass is 35.5. The van der Waals surface area contributed by atoms with Crippen molar-refractivity contribution in [2.75, 3.05) is 31.6 Å². The van der Waals surface area contributed by atoms with Gasteiger partial charge in [-0.25, -0.2) is 4.98 Å².